The molecule has 0 unspecified atom stereocenters. The second-order valence-corrected chi connectivity index (χ2v) is 8.79. The normalized spacial score (nSPS) is 12.1. The highest BCUT2D eigenvalue weighted by molar-refractivity contribution is 5.99. The fourth-order valence-electron chi connectivity index (χ4n) is 4.60. The molecule has 0 atom stereocenters. The SMILES string of the molecule is CN(CCc1ccccn1)C(=O)c1cnn(-c2ncc3c(n2)-c2ccccc2CC3)c1-c1ccco1. The minimum Gasteiger partial charge on any atom is -0.463 e. The summed E-state index contributed by atoms with van der Waals surface area (Å²) < 4.78 is 7.31. The summed E-state index contributed by atoms with van der Waals surface area (Å²) in [6.07, 6.45) is 9.27. The number of likely N-dealkylation sites (N-methyl/N-ethyl adjacent to an activating group) is 1. The Morgan fingerprint density at radius 1 is 1.00 bits per heavy atom. The monoisotopic (exact) mass is 476 g/mol. The zero-order valence-corrected chi connectivity index (χ0v) is 19.8. The summed E-state index contributed by atoms with van der Waals surface area (Å²) in [6.45, 7) is 0.519. The third-order valence-corrected chi connectivity index (χ3v) is 6.51. The quantitative estimate of drug-likeness (QED) is 0.361. The minimum absolute atomic E-state index is 0.160. The summed E-state index contributed by atoms with van der Waals surface area (Å²) >= 11 is 0. The fraction of sp³-hybridized carbons (Fsp3) is 0.179. The molecular weight excluding hydrogens is 452 g/mol. The molecule has 0 spiro atoms. The van der Waals surface area contributed by atoms with Crippen LogP contribution in [-0.4, -0.2) is 49.1 Å². The molecule has 6 rings (SSSR count). The minimum atomic E-state index is -0.160. The number of aromatic nitrogens is 5. The van der Waals surface area contributed by atoms with Gasteiger partial charge in [0.2, 0.25) is 0 Å². The number of carbonyl (C=O) groups is 1. The second-order valence-electron chi connectivity index (χ2n) is 8.79. The van der Waals surface area contributed by atoms with E-state index in [4.69, 9.17) is 9.40 Å². The first-order valence-electron chi connectivity index (χ1n) is 11.9. The van der Waals surface area contributed by atoms with Gasteiger partial charge in [-0.2, -0.15) is 9.78 Å². The van der Waals surface area contributed by atoms with Crippen molar-refractivity contribution in [2.24, 2.45) is 0 Å². The molecule has 36 heavy (non-hydrogen) atoms. The molecule has 0 radical (unpaired) electrons. The maximum atomic E-state index is 13.5. The predicted molar refractivity (Wildman–Crippen MR) is 135 cm³/mol. The Hall–Kier alpha value is -4.59. The highest BCUT2D eigenvalue weighted by Gasteiger charge is 2.26. The van der Waals surface area contributed by atoms with Crippen LogP contribution < -0.4 is 0 Å². The number of carbonyl (C=O) groups excluding carboxylic acids is 1. The number of hydrogen-bond donors (Lipinski definition) is 0. The third-order valence-electron chi connectivity index (χ3n) is 6.51. The summed E-state index contributed by atoms with van der Waals surface area (Å²) in [4.78, 5) is 29.0. The van der Waals surface area contributed by atoms with E-state index in [1.54, 1.807) is 41.4 Å². The van der Waals surface area contributed by atoms with E-state index in [1.807, 2.05) is 36.5 Å². The van der Waals surface area contributed by atoms with E-state index in [9.17, 15) is 4.79 Å². The number of benzene rings is 1. The number of aryl methyl sites for hydroxylation is 2. The number of fused-ring (bicyclic) bond motifs is 3. The van der Waals surface area contributed by atoms with Gasteiger partial charge in [0.15, 0.2) is 5.76 Å². The summed E-state index contributed by atoms with van der Waals surface area (Å²) in [5, 5.41) is 4.54. The molecule has 1 aromatic carbocycles. The molecule has 0 N–H and O–H groups in total. The molecule has 4 heterocycles. The summed E-state index contributed by atoms with van der Waals surface area (Å²) in [5.41, 5.74) is 6.28. The van der Waals surface area contributed by atoms with Crippen LogP contribution in [0.15, 0.2) is 83.9 Å². The Bertz CT molecular complexity index is 1530. The molecule has 0 bridgehead atoms. The van der Waals surface area contributed by atoms with Crippen molar-refractivity contribution in [3.8, 4) is 28.7 Å². The van der Waals surface area contributed by atoms with Gasteiger partial charge in [-0.05, 0) is 48.2 Å². The van der Waals surface area contributed by atoms with E-state index in [2.05, 4.69) is 33.3 Å². The van der Waals surface area contributed by atoms with Crippen molar-refractivity contribution in [2.75, 3.05) is 13.6 Å². The van der Waals surface area contributed by atoms with Crippen LogP contribution >= 0.6 is 0 Å². The van der Waals surface area contributed by atoms with Crippen LogP contribution in [-0.2, 0) is 19.3 Å². The van der Waals surface area contributed by atoms with Crippen molar-refractivity contribution in [1.82, 2.24) is 29.6 Å². The lowest BCUT2D eigenvalue weighted by Crippen LogP contribution is -2.29. The number of rotatable bonds is 6. The van der Waals surface area contributed by atoms with Crippen molar-refractivity contribution in [2.45, 2.75) is 19.3 Å². The number of pyridine rings is 1. The van der Waals surface area contributed by atoms with Gasteiger partial charge in [-0.25, -0.2) is 9.97 Å². The first-order chi connectivity index (χ1) is 17.7. The zero-order valence-electron chi connectivity index (χ0n) is 19.8. The summed E-state index contributed by atoms with van der Waals surface area (Å²) in [5.74, 6) is 0.759. The first-order valence-corrected chi connectivity index (χ1v) is 11.9. The van der Waals surface area contributed by atoms with Crippen LogP contribution in [0.1, 0.15) is 27.2 Å². The molecule has 4 aromatic heterocycles. The van der Waals surface area contributed by atoms with E-state index in [0.717, 1.165) is 35.4 Å². The molecule has 1 amide bonds. The van der Waals surface area contributed by atoms with Crippen molar-refractivity contribution < 1.29 is 9.21 Å². The van der Waals surface area contributed by atoms with E-state index in [1.165, 1.54) is 5.56 Å². The van der Waals surface area contributed by atoms with Gasteiger partial charge in [-0.15, -0.1) is 0 Å². The van der Waals surface area contributed by atoms with Crippen LogP contribution in [0.5, 0.6) is 0 Å². The van der Waals surface area contributed by atoms with E-state index in [0.29, 0.717) is 35.9 Å². The number of hydrogen-bond acceptors (Lipinski definition) is 6. The standard InChI is InChI=1S/C28H24N6O2/c1-33(15-13-21-8-4-5-14-29-21)27(35)23-18-31-34(26(23)24-10-6-16-36-24)28-30-17-20-12-11-19-7-2-3-9-22(19)25(20)32-28/h2-10,14,16-18H,11-13,15H2,1H3. The van der Waals surface area contributed by atoms with Gasteiger partial charge in [-0.3, -0.25) is 9.78 Å². The maximum Gasteiger partial charge on any atom is 0.257 e. The van der Waals surface area contributed by atoms with Crippen molar-refractivity contribution in [3.05, 3.63) is 102 Å². The molecule has 5 aromatic rings. The average molecular weight is 477 g/mol. The second kappa shape index (κ2) is 9.22. The first kappa shape index (κ1) is 21.9. The Balaban J connectivity index is 1.37. The Morgan fingerprint density at radius 3 is 2.69 bits per heavy atom. The fourth-order valence-corrected chi connectivity index (χ4v) is 4.60. The van der Waals surface area contributed by atoms with Crippen LogP contribution in [0.3, 0.4) is 0 Å². The van der Waals surface area contributed by atoms with E-state index in [-0.39, 0.29) is 5.91 Å². The van der Waals surface area contributed by atoms with Gasteiger partial charge in [0, 0.05) is 43.7 Å². The Kier molecular flexibility index (Phi) is 5.61. The maximum absolute atomic E-state index is 13.5. The highest BCUT2D eigenvalue weighted by atomic mass is 16.3. The third kappa shape index (κ3) is 3.96. The van der Waals surface area contributed by atoms with E-state index >= 15 is 0 Å². The molecule has 8 heteroatoms. The van der Waals surface area contributed by atoms with Crippen molar-refractivity contribution in [3.63, 3.8) is 0 Å². The van der Waals surface area contributed by atoms with Crippen LogP contribution in [0.2, 0.25) is 0 Å². The lowest BCUT2D eigenvalue weighted by Gasteiger charge is -2.19. The summed E-state index contributed by atoms with van der Waals surface area (Å²) in [6, 6.07) is 17.7. The van der Waals surface area contributed by atoms with Crippen LogP contribution in [0.4, 0.5) is 0 Å². The van der Waals surface area contributed by atoms with Gasteiger partial charge in [0.1, 0.15) is 5.69 Å². The lowest BCUT2D eigenvalue weighted by atomic mass is 9.90. The lowest BCUT2D eigenvalue weighted by molar-refractivity contribution is 0.0797. The summed E-state index contributed by atoms with van der Waals surface area (Å²) in [7, 11) is 1.78. The topological polar surface area (TPSA) is 89.9 Å². The highest BCUT2D eigenvalue weighted by Crippen LogP contribution is 2.33. The molecule has 1 aliphatic rings. The zero-order chi connectivity index (χ0) is 24.5. The Morgan fingerprint density at radius 2 is 1.86 bits per heavy atom. The largest absolute Gasteiger partial charge is 0.463 e. The molecular formula is C28H24N6O2. The van der Waals surface area contributed by atoms with Crippen molar-refractivity contribution in [1.29, 1.82) is 0 Å². The van der Waals surface area contributed by atoms with Crippen LogP contribution in [0, 0.1) is 0 Å². The molecule has 1 aliphatic carbocycles. The molecule has 0 fully saturated rings. The molecule has 0 saturated heterocycles. The molecule has 178 valence electrons. The van der Waals surface area contributed by atoms with Crippen molar-refractivity contribution >= 4 is 5.91 Å². The van der Waals surface area contributed by atoms with Gasteiger partial charge >= 0.3 is 0 Å². The van der Waals surface area contributed by atoms with Gasteiger partial charge in [0.25, 0.3) is 11.9 Å². The number of amides is 1. The molecule has 0 saturated carbocycles. The predicted octanol–water partition coefficient (Wildman–Crippen LogP) is 4.40. The Labute approximate surface area is 208 Å². The molecule has 8 nitrogen and oxygen atoms in total. The van der Waals surface area contributed by atoms with Crippen LogP contribution in [0.25, 0.3) is 28.7 Å². The molecule has 0 aliphatic heterocycles. The smallest absolute Gasteiger partial charge is 0.257 e. The van der Waals surface area contributed by atoms with Gasteiger partial charge in [0.05, 0.1) is 23.7 Å². The number of furan rings is 1. The van der Waals surface area contributed by atoms with Gasteiger partial charge < -0.3 is 9.32 Å². The number of nitrogens with zero attached hydrogens (tertiary/aromatic N) is 6. The average Bonchev–Trinajstić information content (AvgIpc) is 3.62. The van der Waals surface area contributed by atoms with Gasteiger partial charge in [-0.1, -0.05) is 30.3 Å². The van der Waals surface area contributed by atoms with E-state index < -0.39 is 0 Å².